The molecule has 1 amide bonds. The summed E-state index contributed by atoms with van der Waals surface area (Å²) in [5.74, 6) is 0.0782. The Bertz CT molecular complexity index is 632. The second-order valence-corrected chi connectivity index (χ2v) is 5.80. The molecule has 0 heterocycles. The fourth-order valence-electron chi connectivity index (χ4n) is 2.08. The maximum atomic E-state index is 12.1. The zero-order valence-electron chi connectivity index (χ0n) is 12.4. The highest BCUT2D eigenvalue weighted by Crippen LogP contribution is 2.29. The van der Waals surface area contributed by atoms with Crippen LogP contribution in [-0.2, 0) is 11.3 Å². The zero-order valence-corrected chi connectivity index (χ0v) is 13.9. The first-order valence-corrected chi connectivity index (χ1v) is 7.79. The van der Waals surface area contributed by atoms with Crippen molar-refractivity contribution in [3.63, 3.8) is 0 Å². The smallest absolute Gasteiger partial charge is 0.224 e. The van der Waals surface area contributed by atoms with E-state index in [-0.39, 0.29) is 5.91 Å². The van der Waals surface area contributed by atoms with E-state index in [1.54, 1.807) is 11.0 Å². The number of rotatable bonds is 6. The van der Waals surface area contributed by atoms with Gasteiger partial charge in [-0.3, -0.25) is 4.79 Å². The molecule has 0 aliphatic heterocycles. The van der Waals surface area contributed by atoms with E-state index in [1.165, 1.54) is 0 Å². The van der Waals surface area contributed by atoms with E-state index in [2.05, 4.69) is 5.32 Å². The number of halogens is 2. The van der Waals surface area contributed by atoms with Gasteiger partial charge in [-0.1, -0.05) is 59.6 Å². The van der Waals surface area contributed by atoms with Crippen LogP contribution in [0.25, 0.3) is 0 Å². The molecule has 0 aromatic heterocycles. The van der Waals surface area contributed by atoms with Crippen LogP contribution in [0.15, 0.2) is 48.5 Å². The van der Waals surface area contributed by atoms with Gasteiger partial charge in [-0.15, -0.1) is 0 Å². The Labute approximate surface area is 140 Å². The van der Waals surface area contributed by atoms with Crippen molar-refractivity contribution in [2.45, 2.75) is 13.0 Å². The fraction of sp³-hybridized carbons (Fsp3) is 0.235. The standard InChI is InChI=1S/C17H18Cl2N2O/c1-21(12-13-6-3-2-4-7-13)16(22)10-11-20-15-9-5-8-14(18)17(15)19/h2-9,20H,10-12H2,1H3. The molecular formula is C17H18Cl2N2O. The Kier molecular flexibility index (Phi) is 6.10. The van der Waals surface area contributed by atoms with Crippen LogP contribution in [0, 0.1) is 0 Å². The Balaban J connectivity index is 1.81. The first-order chi connectivity index (χ1) is 10.6. The second kappa shape index (κ2) is 8.06. The lowest BCUT2D eigenvalue weighted by atomic mass is 10.2. The number of hydrogen-bond acceptors (Lipinski definition) is 2. The largest absolute Gasteiger partial charge is 0.383 e. The molecule has 0 atom stereocenters. The van der Waals surface area contributed by atoms with Crippen LogP contribution in [-0.4, -0.2) is 24.4 Å². The predicted octanol–water partition coefficient (Wildman–Crippen LogP) is 4.45. The SMILES string of the molecule is CN(Cc1ccccc1)C(=O)CCNc1cccc(Cl)c1Cl. The van der Waals surface area contributed by atoms with Crippen LogP contribution in [0.1, 0.15) is 12.0 Å². The number of anilines is 1. The molecule has 2 aromatic carbocycles. The molecule has 0 spiro atoms. The van der Waals surface area contributed by atoms with Crippen molar-refractivity contribution in [2.24, 2.45) is 0 Å². The second-order valence-electron chi connectivity index (χ2n) is 5.01. The first kappa shape index (κ1) is 16.7. The van der Waals surface area contributed by atoms with Crippen LogP contribution in [0.5, 0.6) is 0 Å². The molecule has 0 fully saturated rings. The predicted molar refractivity (Wildman–Crippen MR) is 92.5 cm³/mol. The van der Waals surface area contributed by atoms with E-state index >= 15 is 0 Å². The van der Waals surface area contributed by atoms with Crippen LogP contribution in [0.4, 0.5) is 5.69 Å². The van der Waals surface area contributed by atoms with Crippen molar-refractivity contribution >= 4 is 34.8 Å². The molecule has 2 aromatic rings. The van der Waals surface area contributed by atoms with Crippen molar-refractivity contribution in [2.75, 3.05) is 18.9 Å². The van der Waals surface area contributed by atoms with Gasteiger partial charge in [0.25, 0.3) is 0 Å². The van der Waals surface area contributed by atoms with Crippen LogP contribution >= 0.6 is 23.2 Å². The molecule has 22 heavy (non-hydrogen) atoms. The molecule has 0 radical (unpaired) electrons. The minimum absolute atomic E-state index is 0.0782. The Morgan fingerprint density at radius 2 is 1.82 bits per heavy atom. The summed E-state index contributed by atoms with van der Waals surface area (Å²) < 4.78 is 0. The highest BCUT2D eigenvalue weighted by Gasteiger charge is 2.10. The molecular weight excluding hydrogens is 319 g/mol. The number of benzene rings is 2. The number of amides is 1. The van der Waals surface area contributed by atoms with E-state index in [0.717, 1.165) is 11.3 Å². The van der Waals surface area contributed by atoms with Gasteiger partial charge in [-0.25, -0.2) is 0 Å². The maximum absolute atomic E-state index is 12.1. The third-order valence-electron chi connectivity index (χ3n) is 3.29. The number of nitrogens with zero attached hydrogens (tertiary/aromatic N) is 1. The summed E-state index contributed by atoms with van der Waals surface area (Å²) in [6, 6.07) is 15.3. The Hall–Kier alpha value is -1.71. The number of carbonyl (C=O) groups is 1. The van der Waals surface area contributed by atoms with Crippen molar-refractivity contribution in [3.05, 3.63) is 64.1 Å². The molecule has 5 heteroatoms. The van der Waals surface area contributed by atoms with E-state index in [4.69, 9.17) is 23.2 Å². The molecule has 0 aliphatic carbocycles. The van der Waals surface area contributed by atoms with E-state index in [0.29, 0.717) is 29.6 Å². The van der Waals surface area contributed by atoms with Gasteiger partial charge in [-0.05, 0) is 17.7 Å². The lowest BCUT2D eigenvalue weighted by molar-refractivity contribution is -0.130. The van der Waals surface area contributed by atoms with Gasteiger partial charge in [0, 0.05) is 26.6 Å². The third kappa shape index (κ3) is 4.65. The minimum atomic E-state index is 0.0782. The molecule has 1 N–H and O–H groups in total. The molecule has 0 saturated carbocycles. The summed E-state index contributed by atoms with van der Waals surface area (Å²) in [6.45, 7) is 1.12. The minimum Gasteiger partial charge on any atom is -0.383 e. The third-order valence-corrected chi connectivity index (χ3v) is 4.11. The van der Waals surface area contributed by atoms with Crippen molar-refractivity contribution in [3.8, 4) is 0 Å². The molecule has 0 bridgehead atoms. The Morgan fingerprint density at radius 3 is 2.55 bits per heavy atom. The van der Waals surface area contributed by atoms with Gasteiger partial charge < -0.3 is 10.2 Å². The maximum Gasteiger partial charge on any atom is 0.224 e. The molecule has 0 unspecified atom stereocenters. The molecule has 116 valence electrons. The molecule has 0 aliphatic rings. The van der Waals surface area contributed by atoms with Gasteiger partial charge >= 0.3 is 0 Å². The molecule has 3 nitrogen and oxygen atoms in total. The van der Waals surface area contributed by atoms with Gasteiger partial charge in [0.05, 0.1) is 15.7 Å². The van der Waals surface area contributed by atoms with Crippen LogP contribution in [0.3, 0.4) is 0 Å². The summed E-state index contributed by atoms with van der Waals surface area (Å²) in [5, 5.41) is 4.12. The summed E-state index contributed by atoms with van der Waals surface area (Å²) in [5.41, 5.74) is 1.86. The number of hydrogen-bond donors (Lipinski definition) is 1. The fourth-order valence-corrected chi connectivity index (χ4v) is 2.45. The van der Waals surface area contributed by atoms with Gasteiger partial charge in [-0.2, -0.15) is 0 Å². The first-order valence-electron chi connectivity index (χ1n) is 7.03. The highest BCUT2D eigenvalue weighted by molar-refractivity contribution is 6.43. The molecule has 0 saturated heterocycles. The molecule has 2 rings (SSSR count). The van der Waals surface area contributed by atoms with Crippen molar-refractivity contribution < 1.29 is 4.79 Å². The highest BCUT2D eigenvalue weighted by atomic mass is 35.5. The number of nitrogens with one attached hydrogen (secondary N) is 1. The van der Waals surface area contributed by atoms with Crippen molar-refractivity contribution in [1.82, 2.24) is 4.90 Å². The topological polar surface area (TPSA) is 32.3 Å². The van der Waals surface area contributed by atoms with Crippen LogP contribution in [0.2, 0.25) is 10.0 Å². The average molecular weight is 337 g/mol. The zero-order chi connectivity index (χ0) is 15.9. The Morgan fingerprint density at radius 1 is 1.09 bits per heavy atom. The average Bonchev–Trinajstić information content (AvgIpc) is 2.52. The van der Waals surface area contributed by atoms with Crippen LogP contribution < -0.4 is 5.32 Å². The summed E-state index contributed by atoms with van der Waals surface area (Å²) in [7, 11) is 1.81. The van der Waals surface area contributed by atoms with E-state index in [9.17, 15) is 4.79 Å². The van der Waals surface area contributed by atoms with Gasteiger partial charge in [0.15, 0.2) is 0 Å². The van der Waals surface area contributed by atoms with Crippen molar-refractivity contribution in [1.29, 1.82) is 0 Å². The van der Waals surface area contributed by atoms with Gasteiger partial charge in [0.1, 0.15) is 0 Å². The quantitative estimate of drug-likeness (QED) is 0.844. The van der Waals surface area contributed by atoms with Gasteiger partial charge in [0.2, 0.25) is 5.91 Å². The normalized spacial score (nSPS) is 10.3. The van der Waals surface area contributed by atoms with E-state index < -0.39 is 0 Å². The monoisotopic (exact) mass is 336 g/mol. The lowest BCUT2D eigenvalue weighted by Gasteiger charge is -2.18. The number of carbonyl (C=O) groups excluding carboxylic acids is 1. The van der Waals surface area contributed by atoms with E-state index in [1.807, 2.05) is 49.5 Å². The lowest BCUT2D eigenvalue weighted by Crippen LogP contribution is -2.27. The summed E-state index contributed by atoms with van der Waals surface area (Å²) in [6.07, 6.45) is 0.395. The summed E-state index contributed by atoms with van der Waals surface area (Å²) >= 11 is 12.0. The summed E-state index contributed by atoms with van der Waals surface area (Å²) in [4.78, 5) is 13.8.